The maximum Gasteiger partial charge on any atom is 0.246 e. The van der Waals surface area contributed by atoms with E-state index in [1.165, 1.54) is 9.80 Å². The number of carbonyl (C=O) groups excluding carboxylic acids is 10. The third-order valence-electron chi connectivity index (χ3n) is 15.4. The maximum absolute atomic E-state index is 15.0. The number of benzene rings is 2. The van der Waals surface area contributed by atoms with Crippen molar-refractivity contribution in [1.29, 1.82) is 0 Å². The van der Waals surface area contributed by atoms with Crippen molar-refractivity contribution in [3.05, 3.63) is 71.8 Å². The van der Waals surface area contributed by atoms with Crippen LogP contribution in [0.4, 0.5) is 0 Å². The molecule has 23 nitrogen and oxygen atoms in total. The number of nitrogens with two attached hydrogens (primary N) is 3. The zero-order chi connectivity index (χ0) is 61.1. The molecule has 23 heteroatoms. The molecule has 10 amide bonds. The predicted molar refractivity (Wildman–Crippen MR) is 314 cm³/mol. The zero-order valence-electron chi connectivity index (χ0n) is 49.7. The third-order valence-corrected chi connectivity index (χ3v) is 15.4. The maximum atomic E-state index is 15.0. The molecule has 0 unspecified atom stereocenters. The van der Waals surface area contributed by atoms with E-state index in [1.54, 1.807) is 82.3 Å². The second kappa shape index (κ2) is 32.2. The Morgan fingerprint density at radius 1 is 0.458 bits per heavy atom. The van der Waals surface area contributed by atoms with Crippen molar-refractivity contribution in [2.45, 2.75) is 192 Å². The van der Waals surface area contributed by atoms with Crippen LogP contribution < -0.4 is 59.7 Å². The Labute approximate surface area is 489 Å². The summed E-state index contributed by atoms with van der Waals surface area (Å²) in [5.41, 5.74) is 19.7. The summed E-state index contributed by atoms with van der Waals surface area (Å²) in [5.74, 6) is -8.14. The molecule has 11 atom stereocenters. The summed E-state index contributed by atoms with van der Waals surface area (Å²) >= 11 is 0. The molecule has 458 valence electrons. The van der Waals surface area contributed by atoms with Gasteiger partial charge in [0.25, 0.3) is 0 Å². The number of fused-ring (bicyclic) bond motifs is 2. The molecule has 5 rings (SSSR count). The molecule has 2 aromatic rings. The van der Waals surface area contributed by atoms with E-state index in [2.05, 4.69) is 42.5 Å². The summed E-state index contributed by atoms with van der Waals surface area (Å²) in [6, 6.07) is 5.13. The predicted octanol–water partition coefficient (Wildman–Crippen LogP) is 0.165. The molecular formula is C60H93N13O10. The summed E-state index contributed by atoms with van der Waals surface area (Å²) in [6.07, 6.45) is 1.62. The van der Waals surface area contributed by atoms with Crippen molar-refractivity contribution < 1.29 is 47.9 Å². The minimum Gasteiger partial charge on any atom is -0.343 e. The first-order chi connectivity index (χ1) is 39.4. The van der Waals surface area contributed by atoms with Crippen molar-refractivity contribution >= 4 is 59.1 Å². The SMILES string of the molecule is CC(C)C[C@@H]1NC(=O)[C@H](CCCN)NC(=O)[C@H](C(C)C)NC(=O)[C@@H]2C[C@@H](N)CN2C(=O)[C@@H](Cc2ccccc2)NC(=O)[C@H](CC(C)C)NC(=O)[C@H](CCCN)NC(=O)[C@H](C(C)C)NC(=O)[C@@H]2CCCN2C(=O)[C@@H](Cc2ccccc2)NC1=O. The largest absolute Gasteiger partial charge is 0.343 e. The van der Waals surface area contributed by atoms with Crippen LogP contribution in [0.3, 0.4) is 0 Å². The van der Waals surface area contributed by atoms with Crippen LogP contribution >= 0.6 is 0 Å². The average Bonchev–Trinajstić information content (AvgIpc) is 4.25. The van der Waals surface area contributed by atoms with Crippen LogP contribution in [0, 0.1) is 23.7 Å². The lowest BCUT2D eigenvalue weighted by molar-refractivity contribution is -0.143. The van der Waals surface area contributed by atoms with Crippen molar-refractivity contribution in [2.75, 3.05) is 26.2 Å². The normalized spacial score (nSPS) is 27.3. The molecule has 3 aliphatic heterocycles. The molecule has 0 spiro atoms. The van der Waals surface area contributed by atoms with Gasteiger partial charge in [0.05, 0.1) is 0 Å². The smallest absolute Gasteiger partial charge is 0.246 e. The van der Waals surface area contributed by atoms with Gasteiger partial charge >= 0.3 is 0 Å². The van der Waals surface area contributed by atoms with Gasteiger partial charge in [0.15, 0.2) is 0 Å². The molecule has 3 fully saturated rings. The molecular weight excluding hydrogens is 1060 g/mol. The highest BCUT2D eigenvalue weighted by Crippen LogP contribution is 2.24. The van der Waals surface area contributed by atoms with Crippen molar-refractivity contribution in [2.24, 2.45) is 40.9 Å². The van der Waals surface area contributed by atoms with Crippen LogP contribution in [-0.4, -0.2) is 162 Å². The number of amides is 10. The van der Waals surface area contributed by atoms with E-state index in [0.29, 0.717) is 24.0 Å². The standard InChI is InChI=1S/C60H93N13O10/c1-34(2)28-43-53(76)68-45(30-38-18-11-9-12-19-38)59(82)72-27-17-24-47(72)55(78)70-49(36(5)6)57(80)64-41(22-15-25-61)51(74)67-44(29-35(3)4)54(77)69-46(31-39-20-13-10-14-21-39)60(83)73-33-40(63)32-48(73)56(79)71-50(37(7)8)58(81)65-42(23-16-26-62)52(75)66-43/h9-14,18-21,34-37,40-50H,15-17,22-33,61-63H2,1-8H3,(H,64,80)(H,65,81)(H,66,75)(H,67,74)(H,68,76)(H,69,77)(H,70,78)(H,71,79)/t40-,41+,42+,43+,44+,45-,46-,47+,48+,49+,50+/m1/s1. The van der Waals surface area contributed by atoms with Crippen molar-refractivity contribution in [3.63, 3.8) is 0 Å². The van der Waals surface area contributed by atoms with Gasteiger partial charge in [-0.3, -0.25) is 47.9 Å². The quantitative estimate of drug-likeness (QED) is 0.107. The van der Waals surface area contributed by atoms with Crippen LogP contribution in [0.25, 0.3) is 0 Å². The molecule has 2 aromatic carbocycles. The van der Waals surface area contributed by atoms with Crippen LogP contribution in [0.1, 0.15) is 124 Å². The summed E-state index contributed by atoms with van der Waals surface area (Å²) in [5, 5.41) is 22.7. The lowest BCUT2D eigenvalue weighted by Gasteiger charge is -2.33. The van der Waals surface area contributed by atoms with Gasteiger partial charge in [-0.05, 0) is 106 Å². The van der Waals surface area contributed by atoms with Gasteiger partial charge in [0.2, 0.25) is 59.1 Å². The lowest BCUT2D eigenvalue weighted by atomic mass is 9.98. The van der Waals surface area contributed by atoms with Crippen molar-refractivity contribution in [3.8, 4) is 0 Å². The molecule has 3 heterocycles. The molecule has 0 aromatic heterocycles. The third kappa shape index (κ3) is 19.6. The molecule has 3 saturated heterocycles. The Bertz CT molecular complexity index is 2530. The number of nitrogens with one attached hydrogen (secondary N) is 8. The van der Waals surface area contributed by atoms with E-state index >= 15 is 0 Å². The fourth-order valence-corrected chi connectivity index (χ4v) is 10.9. The second-order valence-corrected chi connectivity index (χ2v) is 24.0. The summed E-state index contributed by atoms with van der Waals surface area (Å²) in [7, 11) is 0. The molecule has 14 N–H and O–H groups in total. The van der Waals surface area contributed by atoms with E-state index in [-0.39, 0.29) is 95.8 Å². The minimum atomic E-state index is -1.28. The Kier molecular flexibility index (Phi) is 25.9. The first kappa shape index (κ1) is 66.8. The van der Waals surface area contributed by atoms with Gasteiger partial charge in [-0.15, -0.1) is 0 Å². The lowest BCUT2D eigenvalue weighted by Crippen LogP contribution is -2.62. The summed E-state index contributed by atoms with van der Waals surface area (Å²) in [6.45, 7) is 14.7. The molecule has 0 saturated carbocycles. The Balaban J connectivity index is 1.60. The van der Waals surface area contributed by atoms with Gasteiger partial charge in [0, 0.05) is 32.0 Å². The van der Waals surface area contributed by atoms with Gasteiger partial charge < -0.3 is 69.5 Å². The van der Waals surface area contributed by atoms with Gasteiger partial charge in [-0.1, -0.05) is 116 Å². The first-order valence-corrected chi connectivity index (χ1v) is 29.7. The molecule has 3 aliphatic rings. The van der Waals surface area contributed by atoms with Gasteiger partial charge in [0.1, 0.15) is 60.4 Å². The summed E-state index contributed by atoms with van der Waals surface area (Å²) < 4.78 is 0. The molecule has 0 radical (unpaired) electrons. The van der Waals surface area contributed by atoms with E-state index in [0.717, 1.165) is 0 Å². The fraction of sp³-hybridized carbons (Fsp3) is 0.633. The Morgan fingerprint density at radius 2 is 0.831 bits per heavy atom. The highest BCUT2D eigenvalue weighted by atomic mass is 16.2. The topological polar surface area (TPSA) is 351 Å². The monoisotopic (exact) mass is 1160 g/mol. The first-order valence-electron chi connectivity index (χ1n) is 29.7. The highest BCUT2D eigenvalue weighted by molar-refractivity contribution is 6.00. The highest BCUT2D eigenvalue weighted by Gasteiger charge is 2.45. The number of hydrogen-bond donors (Lipinski definition) is 11. The van der Waals surface area contributed by atoms with Crippen LogP contribution in [0.2, 0.25) is 0 Å². The minimum absolute atomic E-state index is 0.0105. The van der Waals surface area contributed by atoms with E-state index in [1.807, 2.05) is 33.8 Å². The fourth-order valence-electron chi connectivity index (χ4n) is 10.9. The van der Waals surface area contributed by atoms with E-state index in [9.17, 15) is 47.9 Å². The van der Waals surface area contributed by atoms with Crippen LogP contribution in [0.5, 0.6) is 0 Å². The van der Waals surface area contributed by atoms with Crippen LogP contribution in [0.15, 0.2) is 60.7 Å². The number of nitrogens with zero attached hydrogens (tertiary/aromatic N) is 2. The Hall–Kier alpha value is -6.98. The number of rotatable bonds is 16. The van der Waals surface area contributed by atoms with Crippen molar-refractivity contribution in [1.82, 2.24) is 52.3 Å². The number of carbonyl (C=O) groups is 10. The average molecular weight is 1160 g/mol. The second-order valence-electron chi connectivity index (χ2n) is 24.0. The Morgan fingerprint density at radius 3 is 1.23 bits per heavy atom. The van der Waals surface area contributed by atoms with Gasteiger partial charge in [-0.2, -0.15) is 0 Å². The molecule has 0 aliphatic carbocycles. The van der Waals surface area contributed by atoms with E-state index < -0.39 is 137 Å². The zero-order valence-corrected chi connectivity index (χ0v) is 49.7. The molecule has 83 heavy (non-hydrogen) atoms. The van der Waals surface area contributed by atoms with Crippen LogP contribution in [-0.2, 0) is 60.8 Å². The molecule has 0 bridgehead atoms. The number of hydrogen-bond acceptors (Lipinski definition) is 13. The van der Waals surface area contributed by atoms with E-state index in [4.69, 9.17) is 17.2 Å². The van der Waals surface area contributed by atoms with Gasteiger partial charge in [-0.25, -0.2) is 0 Å². The summed E-state index contributed by atoms with van der Waals surface area (Å²) in [4.78, 5) is 149.